The minimum Gasteiger partial charge on any atom is -0.227 e. The average molecular weight is 285 g/mol. The summed E-state index contributed by atoms with van der Waals surface area (Å²) in [5, 5.41) is 2.11. The Hall–Kier alpha value is -0.770. The van der Waals surface area contributed by atoms with Crippen molar-refractivity contribution >= 4 is 35.0 Å². The first-order chi connectivity index (χ1) is 8.15. The van der Waals surface area contributed by atoms with Crippen molar-refractivity contribution in [1.82, 2.24) is 9.97 Å². The molecule has 0 saturated heterocycles. The number of aryl methyl sites for hydroxylation is 1. The SMILES string of the molecule is Cc1nc(Cl)cc(SCc2ccccc2Cl)n1. The van der Waals surface area contributed by atoms with Crippen LogP contribution in [0.15, 0.2) is 35.4 Å². The van der Waals surface area contributed by atoms with Crippen molar-refractivity contribution < 1.29 is 0 Å². The second kappa shape index (κ2) is 5.71. The molecule has 0 saturated carbocycles. The summed E-state index contributed by atoms with van der Waals surface area (Å²) in [6.45, 7) is 1.82. The molecule has 0 radical (unpaired) electrons. The Morgan fingerprint density at radius 2 is 1.94 bits per heavy atom. The van der Waals surface area contributed by atoms with Crippen molar-refractivity contribution in [2.45, 2.75) is 17.7 Å². The number of hydrogen-bond acceptors (Lipinski definition) is 3. The minimum atomic E-state index is 0.471. The lowest BCUT2D eigenvalue weighted by Crippen LogP contribution is -1.91. The molecule has 2 rings (SSSR count). The zero-order valence-corrected chi connectivity index (χ0v) is 11.5. The van der Waals surface area contributed by atoms with Gasteiger partial charge in [-0.25, -0.2) is 9.97 Å². The van der Waals surface area contributed by atoms with Crippen LogP contribution in [0.1, 0.15) is 11.4 Å². The number of halogens is 2. The molecule has 2 aromatic rings. The first-order valence-corrected chi connectivity index (χ1v) is 6.76. The molecule has 0 fully saturated rings. The van der Waals surface area contributed by atoms with Gasteiger partial charge in [0, 0.05) is 16.8 Å². The molecule has 1 aromatic heterocycles. The van der Waals surface area contributed by atoms with Crippen LogP contribution in [0.3, 0.4) is 0 Å². The highest BCUT2D eigenvalue weighted by Gasteiger charge is 2.03. The monoisotopic (exact) mass is 284 g/mol. The van der Waals surface area contributed by atoms with Gasteiger partial charge in [0.25, 0.3) is 0 Å². The first-order valence-electron chi connectivity index (χ1n) is 5.02. The van der Waals surface area contributed by atoms with Crippen LogP contribution in [-0.4, -0.2) is 9.97 Å². The lowest BCUT2D eigenvalue weighted by Gasteiger charge is -2.04. The summed E-state index contributed by atoms with van der Waals surface area (Å²) in [7, 11) is 0. The van der Waals surface area contributed by atoms with Crippen LogP contribution in [0.25, 0.3) is 0 Å². The highest BCUT2D eigenvalue weighted by atomic mass is 35.5. The maximum atomic E-state index is 6.08. The average Bonchev–Trinajstić information content (AvgIpc) is 2.27. The Morgan fingerprint density at radius 3 is 2.65 bits per heavy atom. The predicted molar refractivity (Wildman–Crippen MR) is 72.8 cm³/mol. The second-order valence-corrected chi connectivity index (χ2v) is 5.25. The van der Waals surface area contributed by atoms with Crippen molar-refractivity contribution in [3.63, 3.8) is 0 Å². The van der Waals surface area contributed by atoms with E-state index < -0.39 is 0 Å². The van der Waals surface area contributed by atoms with Crippen LogP contribution in [-0.2, 0) is 5.75 Å². The summed E-state index contributed by atoms with van der Waals surface area (Å²) in [4.78, 5) is 8.32. The van der Waals surface area contributed by atoms with Gasteiger partial charge in [-0.05, 0) is 18.6 Å². The third kappa shape index (κ3) is 3.60. The maximum Gasteiger partial charge on any atom is 0.133 e. The van der Waals surface area contributed by atoms with E-state index in [1.807, 2.05) is 31.2 Å². The number of rotatable bonds is 3. The van der Waals surface area contributed by atoms with Crippen LogP contribution < -0.4 is 0 Å². The van der Waals surface area contributed by atoms with Gasteiger partial charge < -0.3 is 0 Å². The highest BCUT2D eigenvalue weighted by Crippen LogP contribution is 2.26. The third-order valence-electron chi connectivity index (χ3n) is 2.12. The fourth-order valence-corrected chi connectivity index (χ4v) is 2.87. The van der Waals surface area contributed by atoms with Crippen molar-refractivity contribution in [2.24, 2.45) is 0 Å². The predicted octanol–water partition coefficient (Wildman–Crippen LogP) is 4.38. The number of hydrogen-bond donors (Lipinski definition) is 0. The molecule has 0 aliphatic rings. The molecule has 0 unspecified atom stereocenters. The Balaban J connectivity index is 2.10. The van der Waals surface area contributed by atoms with Gasteiger partial charge in [-0.2, -0.15) is 0 Å². The van der Waals surface area contributed by atoms with Crippen LogP contribution >= 0.6 is 35.0 Å². The van der Waals surface area contributed by atoms with Gasteiger partial charge in [-0.15, -0.1) is 11.8 Å². The molecular weight excluding hydrogens is 275 g/mol. The van der Waals surface area contributed by atoms with Crippen molar-refractivity contribution in [1.29, 1.82) is 0 Å². The van der Waals surface area contributed by atoms with Gasteiger partial charge >= 0.3 is 0 Å². The van der Waals surface area contributed by atoms with Crippen molar-refractivity contribution in [2.75, 3.05) is 0 Å². The van der Waals surface area contributed by atoms with Crippen molar-refractivity contribution in [3.8, 4) is 0 Å². The largest absolute Gasteiger partial charge is 0.227 e. The smallest absolute Gasteiger partial charge is 0.133 e. The van der Waals surface area contributed by atoms with E-state index >= 15 is 0 Å². The molecule has 88 valence electrons. The minimum absolute atomic E-state index is 0.471. The van der Waals surface area contributed by atoms with E-state index in [4.69, 9.17) is 23.2 Å². The fourth-order valence-electron chi connectivity index (χ4n) is 1.35. The van der Waals surface area contributed by atoms with Crippen molar-refractivity contribution in [3.05, 3.63) is 51.9 Å². The molecule has 2 nitrogen and oxygen atoms in total. The van der Waals surface area contributed by atoms with E-state index in [2.05, 4.69) is 9.97 Å². The Labute approximate surface area is 114 Å². The van der Waals surface area contributed by atoms with Gasteiger partial charge in [0.2, 0.25) is 0 Å². The van der Waals surface area contributed by atoms with E-state index in [0.717, 1.165) is 21.4 Å². The van der Waals surface area contributed by atoms with E-state index in [9.17, 15) is 0 Å². The quantitative estimate of drug-likeness (QED) is 0.618. The van der Waals surface area contributed by atoms with E-state index in [1.165, 1.54) is 0 Å². The molecule has 0 N–H and O–H groups in total. The molecule has 0 spiro atoms. The summed E-state index contributed by atoms with van der Waals surface area (Å²) in [5.74, 6) is 1.45. The number of aromatic nitrogens is 2. The normalized spacial score (nSPS) is 10.5. The van der Waals surface area contributed by atoms with E-state index in [1.54, 1.807) is 17.8 Å². The molecular formula is C12H10Cl2N2S. The Morgan fingerprint density at radius 1 is 1.18 bits per heavy atom. The molecule has 0 aliphatic carbocycles. The molecule has 1 heterocycles. The molecule has 0 aliphatic heterocycles. The van der Waals surface area contributed by atoms with E-state index in [-0.39, 0.29) is 0 Å². The first kappa shape index (κ1) is 12.7. The summed E-state index contributed by atoms with van der Waals surface area (Å²) in [5.41, 5.74) is 1.09. The zero-order chi connectivity index (χ0) is 12.3. The summed E-state index contributed by atoms with van der Waals surface area (Å²) < 4.78 is 0. The summed E-state index contributed by atoms with van der Waals surface area (Å²) in [6.07, 6.45) is 0. The van der Waals surface area contributed by atoms with Crippen LogP contribution in [0.4, 0.5) is 0 Å². The van der Waals surface area contributed by atoms with Crippen LogP contribution in [0.5, 0.6) is 0 Å². The molecule has 1 aromatic carbocycles. The fraction of sp³-hybridized carbons (Fsp3) is 0.167. The molecule has 0 amide bonds. The summed E-state index contributed by atoms with van der Waals surface area (Å²) in [6, 6.07) is 9.54. The van der Waals surface area contributed by atoms with Gasteiger partial charge in [0.05, 0.1) is 0 Å². The van der Waals surface area contributed by atoms with Crippen LogP contribution in [0, 0.1) is 6.92 Å². The number of benzene rings is 1. The lowest BCUT2D eigenvalue weighted by molar-refractivity contribution is 0.967. The number of nitrogens with zero attached hydrogens (tertiary/aromatic N) is 2. The van der Waals surface area contributed by atoms with Crippen LogP contribution in [0.2, 0.25) is 10.2 Å². The lowest BCUT2D eigenvalue weighted by atomic mass is 10.2. The Bertz CT molecular complexity index is 511. The van der Waals surface area contributed by atoms with E-state index in [0.29, 0.717) is 11.0 Å². The molecule has 5 heteroatoms. The highest BCUT2D eigenvalue weighted by molar-refractivity contribution is 7.98. The zero-order valence-electron chi connectivity index (χ0n) is 9.15. The van der Waals surface area contributed by atoms with Gasteiger partial charge in [-0.3, -0.25) is 0 Å². The second-order valence-electron chi connectivity index (χ2n) is 3.46. The van der Waals surface area contributed by atoms with Gasteiger partial charge in [-0.1, -0.05) is 41.4 Å². The Kier molecular flexibility index (Phi) is 4.26. The van der Waals surface area contributed by atoms with Gasteiger partial charge in [0.1, 0.15) is 16.0 Å². The standard InChI is InChI=1S/C12H10Cl2N2S/c1-8-15-11(14)6-12(16-8)17-7-9-4-2-3-5-10(9)13/h2-6H,7H2,1H3. The molecule has 17 heavy (non-hydrogen) atoms. The third-order valence-corrected chi connectivity index (χ3v) is 3.64. The molecule has 0 bridgehead atoms. The number of thioether (sulfide) groups is 1. The maximum absolute atomic E-state index is 6.08. The summed E-state index contributed by atoms with van der Waals surface area (Å²) >= 11 is 13.5. The topological polar surface area (TPSA) is 25.8 Å². The van der Waals surface area contributed by atoms with Gasteiger partial charge in [0.15, 0.2) is 0 Å². The molecule has 0 atom stereocenters.